The molecule has 6 nitrogen and oxygen atoms in total. The van der Waals surface area contributed by atoms with E-state index in [0.29, 0.717) is 18.8 Å². The molecule has 1 N–H and O–H groups in total. The zero-order valence-corrected chi connectivity index (χ0v) is 10.8. The second-order valence-electron chi connectivity index (χ2n) is 4.73. The number of hydrogen-bond donors (Lipinski definition) is 1. The van der Waals surface area contributed by atoms with Crippen LogP contribution in [0.3, 0.4) is 0 Å². The summed E-state index contributed by atoms with van der Waals surface area (Å²) >= 11 is 0. The maximum absolute atomic E-state index is 12.3. The number of aromatic nitrogens is 3. The molecule has 1 aromatic carbocycles. The van der Waals surface area contributed by atoms with Crippen molar-refractivity contribution in [3.05, 3.63) is 48.0 Å². The fraction of sp³-hybridized carbons (Fsp3) is 0.286. The van der Waals surface area contributed by atoms with Crippen molar-refractivity contribution < 1.29 is 9.59 Å². The Morgan fingerprint density at radius 3 is 2.75 bits per heavy atom. The van der Waals surface area contributed by atoms with Crippen LogP contribution in [0, 0.1) is 0 Å². The molecule has 0 bridgehead atoms. The van der Waals surface area contributed by atoms with Gasteiger partial charge in [0.1, 0.15) is 12.2 Å². The maximum atomic E-state index is 12.3. The van der Waals surface area contributed by atoms with Gasteiger partial charge in [-0.3, -0.25) is 19.6 Å². The van der Waals surface area contributed by atoms with E-state index in [1.54, 1.807) is 0 Å². The average molecular weight is 270 g/mol. The smallest absolute Gasteiger partial charge is 0.237 e. The van der Waals surface area contributed by atoms with Gasteiger partial charge < -0.3 is 0 Å². The molecule has 3 rings (SSSR count). The Morgan fingerprint density at radius 2 is 2.05 bits per heavy atom. The van der Waals surface area contributed by atoms with Crippen LogP contribution in [0.4, 0.5) is 0 Å². The molecule has 0 spiro atoms. The number of nitrogens with one attached hydrogen (secondary N) is 1. The molecular formula is C14H14N4O2. The van der Waals surface area contributed by atoms with Crippen molar-refractivity contribution in [2.24, 2.45) is 0 Å². The van der Waals surface area contributed by atoms with Gasteiger partial charge in [0.05, 0.1) is 5.92 Å². The van der Waals surface area contributed by atoms with Gasteiger partial charge in [-0.15, -0.1) is 0 Å². The van der Waals surface area contributed by atoms with Crippen LogP contribution in [0.5, 0.6) is 0 Å². The van der Waals surface area contributed by atoms with E-state index in [2.05, 4.69) is 15.2 Å². The van der Waals surface area contributed by atoms with Crippen molar-refractivity contribution in [2.75, 3.05) is 6.54 Å². The van der Waals surface area contributed by atoms with E-state index in [4.69, 9.17) is 0 Å². The first-order chi connectivity index (χ1) is 9.75. The third kappa shape index (κ3) is 2.32. The maximum Gasteiger partial charge on any atom is 0.237 e. The van der Waals surface area contributed by atoms with Gasteiger partial charge in [-0.2, -0.15) is 5.10 Å². The van der Waals surface area contributed by atoms with Gasteiger partial charge in [0.2, 0.25) is 11.8 Å². The summed E-state index contributed by atoms with van der Waals surface area (Å²) in [6, 6.07) is 9.42. The lowest BCUT2D eigenvalue weighted by Crippen LogP contribution is -2.32. The number of imide groups is 1. The number of benzene rings is 1. The van der Waals surface area contributed by atoms with Crippen molar-refractivity contribution >= 4 is 11.8 Å². The Morgan fingerprint density at radius 1 is 1.25 bits per heavy atom. The molecule has 0 aliphatic carbocycles. The fourth-order valence-electron chi connectivity index (χ4n) is 2.43. The molecule has 0 saturated carbocycles. The van der Waals surface area contributed by atoms with Crippen LogP contribution < -0.4 is 0 Å². The Labute approximate surface area is 115 Å². The number of rotatable bonds is 4. The molecule has 1 fully saturated rings. The topological polar surface area (TPSA) is 79.0 Å². The second kappa shape index (κ2) is 5.24. The Balaban J connectivity index is 1.71. The predicted molar refractivity (Wildman–Crippen MR) is 70.6 cm³/mol. The summed E-state index contributed by atoms with van der Waals surface area (Å²) in [5.74, 6) is 0.0799. The summed E-state index contributed by atoms with van der Waals surface area (Å²) in [5.41, 5.74) is 0.896. The zero-order valence-electron chi connectivity index (χ0n) is 10.8. The average Bonchev–Trinajstić information content (AvgIpc) is 3.07. The van der Waals surface area contributed by atoms with E-state index < -0.39 is 0 Å². The van der Waals surface area contributed by atoms with Gasteiger partial charge in [-0.05, 0) is 5.56 Å². The van der Waals surface area contributed by atoms with E-state index >= 15 is 0 Å². The highest BCUT2D eigenvalue weighted by atomic mass is 16.2. The van der Waals surface area contributed by atoms with Gasteiger partial charge in [0.15, 0.2) is 0 Å². The molecule has 0 radical (unpaired) electrons. The van der Waals surface area contributed by atoms with E-state index in [1.807, 2.05) is 30.3 Å². The highest BCUT2D eigenvalue weighted by Crippen LogP contribution is 2.29. The highest BCUT2D eigenvalue weighted by Gasteiger charge is 2.38. The summed E-state index contributed by atoms with van der Waals surface area (Å²) in [5, 5.41) is 6.47. The number of carbonyl (C=O) groups is 2. The van der Waals surface area contributed by atoms with Crippen LogP contribution in [0.25, 0.3) is 0 Å². The molecule has 1 unspecified atom stereocenters. The minimum Gasteiger partial charge on any atom is -0.282 e. The van der Waals surface area contributed by atoms with Gasteiger partial charge in [-0.25, -0.2) is 4.98 Å². The van der Waals surface area contributed by atoms with Crippen LogP contribution in [-0.4, -0.2) is 38.4 Å². The molecule has 1 aliphatic heterocycles. The normalized spacial score (nSPS) is 18.8. The number of carbonyl (C=O) groups excluding carboxylic acids is 2. The summed E-state index contributed by atoms with van der Waals surface area (Å²) in [7, 11) is 0. The molecule has 20 heavy (non-hydrogen) atoms. The monoisotopic (exact) mass is 270 g/mol. The molecule has 2 heterocycles. The van der Waals surface area contributed by atoms with E-state index in [9.17, 15) is 9.59 Å². The van der Waals surface area contributed by atoms with Crippen LogP contribution in [-0.2, 0) is 16.0 Å². The van der Waals surface area contributed by atoms with E-state index in [1.165, 1.54) is 11.2 Å². The lowest BCUT2D eigenvalue weighted by atomic mass is 9.98. The first kappa shape index (κ1) is 12.5. The number of likely N-dealkylation sites (tertiary alicyclic amines) is 1. The minimum absolute atomic E-state index is 0.122. The summed E-state index contributed by atoms with van der Waals surface area (Å²) in [4.78, 5) is 29.6. The van der Waals surface area contributed by atoms with Gasteiger partial charge >= 0.3 is 0 Å². The van der Waals surface area contributed by atoms with Gasteiger partial charge in [0.25, 0.3) is 0 Å². The Kier molecular flexibility index (Phi) is 3.28. The van der Waals surface area contributed by atoms with E-state index in [0.717, 1.165) is 5.56 Å². The first-order valence-corrected chi connectivity index (χ1v) is 6.49. The molecule has 2 amide bonds. The fourth-order valence-corrected chi connectivity index (χ4v) is 2.43. The largest absolute Gasteiger partial charge is 0.282 e. The number of amides is 2. The van der Waals surface area contributed by atoms with Crippen molar-refractivity contribution in [1.29, 1.82) is 0 Å². The van der Waals surface area contributed by atoms with E-state index in [-0.39, 0.29) is 24.2 Å². The quantitative estimate of drug-likeness (QED) is 0.837. The molecule has 1 atom stereocenters. The van der Waals surface area contributed by atoms with Crippen molar-refractivity contribution in [1.82, 2.24) is 20.1 Å². The standard InChI is InChI=1S/C14H14N4O2/c19-13-8-11(10-4-2-1-3-5-10)14(20)18(13)7-6-12-15-9-16-17-12/h1-5,9,11H,6-8H2,(H,15,16,17). The minimum atomic E-state index is -0.349. The molecular weight excluding hydrogens is 256 g/mol. The molecule has 1 aromatic heterocycles. The van der Waals surface area contributed by atoms with Gasteiger partial charge in [-0.1, -0.05) is 30.3 Å². The number of nitrogens with zero attached hydrogens (tertiary/aromatic N) is 3. The third-order valence-corrected chi connectivity index (χ3v) is 3.48. The second-order valence-corrected chi connectivity index (χ2v) is 4.73. The number of hydrogen-bond acceptors (Lipinski definition) is 4. The summed E-state index contributed by atoms with van der Waals surface area (Å²) in [6.07, 6.45) is 2.16. The molecule has 102 valence electrons. The predicted octanol–water partition coefficient (Wildman–Crippen LogP) is 0.890. The highest BCUT2D eigenvalue weighted by molar-refractivity contribution is 6.06. The van der Waals surface area contributed by atoms with Gasteiger partial charge in [0, 0.05) is 19.4 Å². The van der Waals surface area contributed by atoms with Crippen LogP contribution in [0.15, 0.2) is 36.7 Å². The number of aromatic amines is 1. The Bertz CT molecular complexity index is 609. The lowest BCUT2D eigenvalue weighted by Gasteiger charge is -2.14. The van der Waals surface area contributed by atoms with Crippen molar-refractivity contribution in [3.63, 3.8) is 0 Å². The molecule has 1 aliphatic rings. The zero-order chi connectivity index (χ0) is 13.9. The first-order valence-electron chi connectivity index (χ1n) is 6.49. The van der Waals surface area contributed by atoms with Crippen LogP contribution in [0.1, 0.15) is 23.7 Å². The molecule has 6 heteroatoms. The lowest BCUT2D eigenvalue weighted by molar-refractivity contribution is -0.138. The van der Waals surface area contributed by atoms with Crippen LogP contribution in [0.2, 0.25) is 0 Å². The Hall–Kier alpha value is -2.50. The molecule has 2 aromatic rings. The van der Waals surface area contributed by atoms with Crippen LogP contribution >= 0.6 is 0 Å². The summed E-state index contributed by atoms with van der Waals surface area (Å²) in [6.45, 7) is 0.343. The van der Waals surface area contributed by atoms with Crippen molar-refractivity contribution in [3.8, 4) is 0 Å². The SMILES string of the molecule is O=C1CC(c2ccccc2)C(=O)N1CCc1ncn[nH]1. The number of H-pyrrole nitrogens is 1. The molecule has 1 saturated heterocycles. The third-order valence-electron chi connectivity index (χ3n) is 3.48. The summed E-state index contributed by atoms with van der Waals surface area (Å²) < 4.78 is 0. The van der Waals surface area contributed by atoms with Crippen molar-refractivity contribution in [2.45, 2.75) is 18.8 Å².